The van der Waals surface area contributed by atoms with Crippen LogP contribution >= 0.6 is 0 Å². The fraction of sp³-hybridized carbons (Fsp3) is 0.385. The van der Waals surface area contributed by atoms with E-state index in [1.54, 1.807) is 0 Å². The van der Waals surface area contributed by atoms with Crippen molar-refractivity contribution >= 4 is 11.9 Å². The molecule has 6 heteroatoms. The zero-order chi connectivity index (χ0) is 14.3. The molecular weight excluding hydrogens is 253 g/mol. The monoisotopic (exact) mass is 269 g/mol. The summed E-state index contributed by atoms with van der Waals surface area (Å²) in [7, 11) is 1.45. The second-order valence-electron chi connectivity index (χ2n) is 3.85. The van der Waals surface area contributed by atoms with E-state index in [9.17, 15) is 14.0 Å². The van der Waals surface area contributed by atoms with Crippen LogP contribution in [0.25, 0.3) is 0 Å². The number of halogens is 1. The molecule has 0 bridgehead atoms. The molecule has 0 unspecified atom stereocenters. The Bertz CT molecular complexity index is 462. The van der Waals surface area contributed by atoms with Crippen LogP contribution in [0.5, 0.6) is 5.75 Å². The quantitative estimate of drug-likeness (QED) is 0.793. The van der Waals surface area contributed by atoms with Crippen molar-refractivity contribution in [2.45, 2.75) is 20.0 Å². The molecule has 0 aliphatic carbocycles. The second kappa shape index (κ2) is 7.35. The highest BCUT2D eigenvalue weighted by atomic mass is 19.1. The maximum absolute atomic E-state index is 13.1. The lowest BCUT2D eigenvalue weighted by Crippen LogP contribution is -2.23. The summed E-state index contributed by atoms with van der Waals surface area (Å²) in [6.07, 6.45) is 0.0667. The molecule has 1 N–H and O–H groups in total. The number of rotatable bonds is 6. The van der Waals surface area contributed by atoms with Gasteiger partial charge < -0.3 is 14.8 Å². The summed E-state index contributed by atoms with van der Waals surface area (Å²) in [6.45, 7) is 1.51. The van der Waals surface area contributed by atoms with E-state index in [-0.39, 0.29) is 25.5 Å². The van der Waals surface area contributed by atoms with Crippen molar-refractivity contribution in [3.05, 3.63) is 29.6 Å². The number of ether oxygens (including phenoxy) is 2. The molecule has 0 radical (unpaired) electrons. The SMILES string of the molecule is COc1ccc(F)cc1COC(=O)CCNC(C)=O. The van der Waals surface area contributed by atoms with Crippen LogP contribution in [-0.4, -0.2) is 25.5 Å². The Morgan fingerprint density at radius 2 is 2.11 bits per heavy atom. The van der Waals surface area contributed by atoms with E-state index >= 15 is 0 Å². The van der Waals surface area contributed by atoms with Gasteiger partial charge in [-0.1, -0.05) is 0 Å². The van der Waals surface area contributed by atoms with Gasteiger partial charge in [0.25, 0.3) is 0 Å². The van der Waals surface area contributed by atoms with Crippen molar-refractivity contribution in [2.75, 3.05) is 13.7 Å². The van der Waals surface area contributed by atoms with E-state index in [0.29, 0.717) is 11.3 Å². The molecule has 1 aromatic carbocycles. The Kier molecular flexibility index (Phi) is 5.78. The molecule has 0 spiro atoms. The molecule has 0 aliphatic rings. The summed E-state index contributed by atoms with van der Waals surface area (Å²) in [4.78, 5) is 22.0. The number of amides is 1. The molecule has 0 atom stereocenters. The fourth-order valence-electron chi connectivity index (χ4n) is 1.43. The van der Waals surface area contributed by atoms with Gasteiger partial charge in [-0.25, -0.2) is 4.39 Å². The number of hydrogen-bond acceptors (Lipinski definition) is 4. The van der Waals surface area contributed by atoms with Crippen LogP contribution in [-0.2, 0) is 20.9 Å². The maximum atomic E-state index is 13.1. The lowest BCUT2D eigenvalue weighted by Gasteiger charge is -2.09. The summed E-state index contributed by atoms with van der Waals surface area (Å²) in [5.74, 6) is -0.652. The summed E-state index contributed by atoms with van der Waals surface area (Å²) < 4.78 is 23.1. The largest absolute Gasteiger partial charge is 0.496 e. The summed E-state index contributed by atoms with van der Waals surface area (Å²) in [6, 6.07) is 3.98. The van der Waals surface area contributed by atoms with Crippen molar-refractivity contribution in [3.63, 3.8) is 0 Å². The third-order valence-corrected chi connectivity index (χ3v) is 2.33. The van der Waals surface area contributed by atoms with Crippen molar-refractivity contribution in [2.24, 2.45) is 0 Å². The minimum absolute atomic E-state index is 0.0667. The molecule has 0 heterocycles. The molecule has 19 heavy (non-hydrogen) atoms. The predicted molar refractivity (Wildman–Crippen MR) is 66.0 cm³/mol. The smallest absolute Gasteiger partial charge is 0.307 e. The third kappa shape index (κ3) is 5.37. The van der Waals surface area contributed by atoms with Gasteiger partial charge in [-0.05, 0) is 18.2 Å². The van der Waals surface area contributed by atoms with Gasteiger partial charge in [-0.15, -0.1) is 0 Å². The number of methoxy groups -OCH3 is 1. The summed E-state index contributed by atoms with van der Waals surface area (Å²) >= 11 is 0. The van der Waals surface area contributed by atoms with Gasteiger partial charge in [0.15, 0.2) is 0 Å². The highest BCUT2D eigenvalue weighted by molar-refractivity contribution is 5.74. The topological polar surface area (TPSA) is 64.6 Å². The van der Waals surface area contributed by atoms with Crippen LogP contribution < -0.4 is 10.1 Å². The number of esters is 1. The molecule has 1 aromatic rings. The lowest BCUT2D eigenvalue weighted by atomic mass is 10.2. The average Bonchev–Trinajstić information content (AvgIpc) is 2.36. The van der Waals surface area contributed by atoms with Crippen LogP contribution in [0, 0.1) is 5.82 Å². The molecule has 5 nitrogen and oxygen atoms in total. The van der Waals surface area contributed by atoms with Gasteiger partial charge in [0.05, 0.1) is 13.5 Å². The van der Waals surface area contributed by atoms with E-state index < -0.39 is 11.8 Å². The maximum Gasteiger partial charge on any atom is 0.307 e. The standard InChI is InChI=1S/C13H16FNO4/c1-9(16)15-6-5-13(17)19-8-10-7-11(14)3-4-12(10)18-2/h3-4,7H,5-6,8H2,1-2H3,(H,15,16). The van der Waals surface area contributed by atoms with Crippen LogP contribution in [0.3, 0.4) is 0 Å². The van der Waals surface area contributed by atoms with Gasteiger partial charge in [0, 0.05) is 19.0 Å². The molecular formula is C13H16FNO4. The zero-order valence-electron chi connectivity index (χ0n) is 10.9. The molecule has 0 aliphatic heterocycles. The molecule has 0 fully saturated rings. The van der Waals surface area contributed by atoms with Crippen LogP contribution in [0.1, 0.15) is 18.9 Å². The van der Waals surface area contributed by atoms with E-state index in [2.05, 4.69) is 5.32 Å². The number of benzene rings is 1. The number of carbonyl (C=O) groups excluding carboxylic acids is 2. The van der Waals surface area contributed by atoms with Gasteiger partial charge in [-0.3, -0.25) is 9.59 Å². The van der Waals surface area contributed by atoms with E-state index in [1.165, 1.54) is 32.2 Å². The Balaban J connectivity index is 2.45. The average molecular weight is 269 g/mol. The van der Waals surface area contributed by atoms with Gasteiger partial charge in [0.1, 0.15) is 18.2 Å². The lowest BCUT2D eigenvalue weighted by molar-refractivity contribution is -0.144. The normalized spacial score (nSPS) is 9.84. The van der Waals surface area contributed by atoms with E-state index in [0.717, 1.165) is 0 Å². The van der Waals surface area contributed by atoms with Crippen molar-refractivity contribution in [1.82, 2.24) is 5.32 Å². The number of hydrogen-bond donors (Lipinski definition) is 1. The Labute approximate surface area is 110 Å². The van der Waals surface area contributed by atoms with Crippen LogP contribution in [0.4, 0.5) is 4.39 Å². The Morgan fingerprint density at radius 3 is 2.74 bits per heavy atom. The fourth-order valence-corrected chi connectivity index (χ4v) is 1.43. The minimum atomic E-state index is -0.472. The van der Waals surface area contributed by atoms with Gasteiger partial charge >= 0.3 is 5.97 Å². The summed E-state index contributed by atoms with van der Waals surface area (Å²) in [5, 5.41) is 2.48. The second-order valence-corrected chi connectivity index (χ2v) is 3.85. The first kappa shape index (κ1) is 14.9. The first-order chi connectivity index (χ1) is 9.02. The van der Waals surface area contributed by atoms with Crippen molar-refractivity contribution in [1.29, 1.82) is 0 Å². The van der Waals surface area contributed by atoms with E-state index in [4.69, 9.17) is 9.47 Å². The molecule has 0 saturated heterocycles. The highest BCUT2D eigenvalue weighted by Gasteiger charge is 2.08. The zero-order valence-corrected chi connectivity index (χ0v) is 10.9. The van der Waals surface area contributed by atoms with Crippen molar-refractivity contribution in [3.8, 4) is 5.75 Å². The molecule has 1 rings (SSSR count). The first-order valence-electron chi connectivity index (χ1n) is 5.75. The van der Waals surface area contributed by atoms with Crippen LogP contribution in [0.15, 0.2) is 18.2 Å². The number of carbonyl (C=O) groups is 2. The van der Waals surface area contributed by atoms with Gasteiger partial charge in [-0.2, -0.15) is 0 Å². The Hall–Kier alpha value is -2.11. The van der Waals surface area contributed by atoms with E-state index in [1.807, 2.05) is 0 Å². The predicted octanol–water partition coefficient (Wildman–Crippen LogP) is 1.40. The van der Waals surface area contributed by atoms with Crippen molar-refractivity contribution < 1.29 is 23.5 Å². The first-order valence-corrected chi connectivity index (χ1v) is 5.75. The number of nitrogens with one attached hydrogen (secondary N) is 1. The molecule has 104 valence electrons. The molecule has 0 saturated carbocycles. The third-order valence-electron chi connectivity index (χ3n) is 2.33. The summed E-state index contributed by atoms with van der Waals surface area (Å²) in [5.41, 5.74) is 0.454. The molecule has 1 amide bonds. The van der Waals surface area contributed by atoms with Crippen LogP contribution in [0.2, 0.25) is 0 Å². The Morgan fingerprint density at radius 1 is 1.37 bits per heavy atom. The van der Waals surface area contributed by atoms with Gasteiger partial charge in [0.2, 0.25) is 5.91 Å². The highest BCUT2D eigenvalue weighted by Crippen LogP contribution is 2.20. The minimum Gasteiger partial charge on any atom is -0.496 e. The molecule has 0 aromatic heterocycles.